The predicted octanol–water partition coefficient (Wildman–Crippen LogP) is 2.20. The van der Waals surface area contributed by atoms with Crippen LogP contribution in [-0.4, -0.2) is 29.2 Å². The average Bonchev–Trinajstić information content (AvgIpc) is 2.96. The number of thiophene rings is 1. The van der Waals surface area contributed by atoms with E-state index >= 15 is 0 Å². The minimum Gasteiger partial charge on any atom is -0.381 e. The standard InChI is InChI=1S/C13H19N5OS/c1-8(9-2-5-19-6-3-9)15-11-10-4-7-20-12(10)17-13(16-11)18-14/h4,7-9H,2-3,5-6,14H2,1H3,(H2,15,16,17,18). The van der Waals surface area contributed by atoms with Gasteiger partial charge in [-0.05, 0) is 37.1 Å². The number of ether oxygens (including phenoxy) is 1. The number of nitrogens with two attached hydrogens (primary N) is 1. The first kappa shape index (κ1) is 13.5. The molecule has 1 fully saturated rings. The van der Waals surface area contributed by atoms with Gasteiger partial charge in [-0.3, -0.25) is 5.43 Å². The highest BCUT2D eigenvalue weighted by Crippen LogP contribution is 2.28. The molecule has 3 heterocycles. The van der Waals surface area contributed by atoms with Crippen LogP contribution in [0.3, 0.4) is 0 Å². The van der Waals surface area contributed by atoms with E-state index in [4.69, 9.17) is 10.6 Å². The summed E-state index contributed by atoms with van der Waals surface area (Å²) in [6.07, 6.45) is 2.18. The number of nitrogens with zero attached hydrogens (tertiary/aromatic N) is 2. The molecule has 2 aromatic heterocycles. The molecule has 7 heteroatoms. The molecule has 1 aliphatic rings. The van der Waals surface area contributed by atoms with Gasteiger partial charge in [-0.25, -0.2) is 10.8 Å². The number of nitrogen functional groups attached to an aromatic ring is 1. The molecule has 108 valence electrons. The van der Waals surface area contributed by atoms with Gasteiger partial charge in [0, 0.05) is 19.3 Å². The van der Waals surface area contributed by atoms with Crippen LogP contribution in [0, 0.1) is 5.92 Å². The van der Waals surface area contributed by atoms with Gasteiger partial charge in [0.2, 0.25) is 5.95 Å². The van der Waals surface area contributed by atoms with Gasteiger partial charge >= 0.3 is 0 Å². The first-order valence-corrected chi connectivity index (χ1v) is 7.72. The number of aromatic nitrogens is 2. The zero-order valence-electron chi connectivity index (χ0n) is 11.4. The summed E-state index contributed by atoms with van der Waals surface area (Å²) in [6, 6.07) is 2.39. The van der Waals surface area contributed by atoms with Crippen molar-refractivity contribution in [2.45, 2.75) is 25.8 Å². The highest BCUT2D eigenvalue weighted by atomic mass is 32.1. The van der Waals surface area contributed by atoms with Crippen LogP contribution in [0.25, 0.3) is 10.2 Å². The Hall–Kier alpha value is -1.44. The summed E-state index contributed by atoms with van der Waals surface area (Å²) in [5, 5.41) is 6.59. The van der Waals surface area contributed by atoms with E-state index in [0.29, 0.717) is 17.9 Å². The molecule has 0 aromatic carbocycles. The Balaban J connectivity index is 1.83. The normalized spacial score (nSPS) is 18.1. The molecule has 0 saturated carbocycles. The van der Waals surface area contributed by atoms with Gasteiger partial charge in [0.25, 0.3) is 0 Å². The minimum atomic E-state index is 0.350. The van der Waals surface area contributed by atoms with Crippen molar-refractivity contribution in [3.8, 4) is 0 Å². The van der Waals surface area contributed by atoms with Gasteiger partial charge in [-0.15, -0.1) is 11.3 Å². The zero-order chi connectivity index (χ0) is 13.9. The summed E-state index contributed by atoms with van der Waals surface area (Å²) in [7, 11) is 0. The van der Waals surface area contributed by atoms with Crippen molar-refractivity contribution in [3.63, 3.8) is 0 Å². The number of hydrazine groups is 1. The molecule has 0 amide bonds. The maximum Gasteiger partial charge on any atom is 0.240 e. The Morgan fingerprint density at radius 1 is 1.40 bits per heavy atom. The van der Waals surface area contributed by atoms with Crippen molar-refractivity contribution in [3.05, 3.63) is 11.4 Å². The van der Waals surface area contributed by atoms with Crippen molar-refractivity contribution in [2.24, 2.45) is 11.8 Å². The highest BCUT2D eigenvalue weighted by Gasteiger charge is 2.21. The fraction of sp³-hybridized carbons (Fsp3) is 0.538. The molecule has 1 aliphatic heterocycles. The van der Waals surface area contributed by atoms with Crippen LogP contribution in [0.5, 0.6) is 0 Å². The molecule has 0 spiro atoms. The van der Waals surface area contributed by atoms with Crippen LogP contribution >= 0.6 is 11.3 Å². The van der Waals surface area contributed by atoms with Crippen LogP contribution in [0.4, 0.5) is 11.8 Å². The number of hydrogen-bond acceptors (Lipinski definition) is 7. The topological polar surface area (TPSA) is 85.1 Å². The molecular formula is C13H19N5OS. The molecule has 0 aliphatic carbocycles. The minimum absolute atomic E-state index is 0.350. The number of rotatable bonds is 4. The smallest absolute Gasteiger partial charge is 0.240 e. The van der Waals surface area contributed by atoms with E-state index in [1.165, 1.54) is 0 Å². The SMILES string of the molecule is CC(Nc1nc(NN)nc2sccc12)C1CCOCC1. The lowest BCUT2D eigenvalue weighted by Gasteiger charge is -2.28. The summed E-state index contributed by atoms with van der Waals surface area (Å²) in [5.41, 5.74) is 2.53. The van der Waals surface area contributed by atoms with Gasteiger partial charge < -0.3 is 10.1 Å². The van der Waals surface area contributed by atoms with Gasteiger partial charge in [-0.1, -0.05) is 0 Å². The van der Waals surface area contributed by atoms with Crippen molar-refractivity contribution in [1.29, 1.82) is 0 Å². The Morgan fingerprint density at radius 3 is 2.95 bits per heavy atom. The second-order valence-corrected chi connectivity index (χ2v) is 5.96. The Labute approximate surface area is 121 Å². The molecule has 20 heavy (non-hydrogen) atoms. The zero-order valence-corrected chi connectivity index (χ0v) is 12.2. The summed E-state index contributed by atoms with van der Waals surface area (Å²) >= 11 is 1.59. The second kappa shape index (κ2) is 5.90. The summed E-state index contributed by atoms with van der Waals surface area (Å²) in [5.74, 6) is 7.35. The number of anilines is 2. The van der Waals surface area contributed by atoms with E-state index in [2.05, 4.69) is 27.6 Å². The summed E-state index contributed by atoms with van der Waals surface area (Å²) in [6.45, 7) is 3.90. The molecule has 2 aromatic rings. The van der Waals surface area contributed by atoms with Crippen molar-refractivity contribution in [2.75, 3.05) is 24.0 Å². The van der Waals surface area contributed by atoms with E-state index in [1.54, 1.807) is 11.3 Å². The predicted molar refractivity (Wildman–Crippen MR) is 81.9 cm³/mol. The van der Waals surface area contributed by atoms with Crippen LogP contribution in [0.1, 0.15) is 19.8 Å². The molecule has 1 atom stereocenters. The van der Waals surface area contributed by atoms with Gasteiger partial charge in [0.05, 0.1) is 5.39 Å². The molecule has 0 radical (unpaired) electrons. The molecule has 3 rings (SSSR count). The van der Waals surface area contributed by atoms with E-state index in [9.17, 15) is 0 Å². The summed E-state index contributed by atoms with van der Waals surface area (Å²) in [4.78, 5) is 9.73. The monoisotopic (exact) mass is 293 g/mol. The first-order chi connectivity index (χ1) is 9.78. The molecule has 6 nitrogen and oxygen atoms in total. The Bertz CT molecular complexity index is 581. The van der Waals surface area contributed by atoms with E-state index in [-0.39, 0.29) is 0 Å². The molecule has 1 saturated heterocycles. The molecular weight excluding hydrogens is 274 g/mol. The van der Waals surface area contributed by atoms with Crippen LogP contribution in [-0.2, 0) is 4.74 Å². The Kier molecular flexibility index (Phi) is 4.00. The Morgan fingerprint density at radius 2 is 2.20 bits per heavy atom. The highest BCUT2D eigenvalue weighted by molar-refractivity contribution is 7.16. The largest absolute Gasteiger partial charge is 0.381 e. The first-order valence-electron chi connectivity index (χ1n) is 6.84. The van der Waals surface area contributed by atoms with E-state index in [0.717, 1.165) is 42.1 Å². The second-order valence-electron chi connectivity index (χ2n) is 5.06. The van der Waals surface area contributed by atoms with Gasteiger partial charge in [-0.2, -0.15) is 4.98 Å². The lowest BCUT2D eigenvalue weighted by molar-refractivity contribution is 0.0622. The van der Waals surface area contributed by atoms with Crippen LogP contribution < -0.4 is 16.6 Å². The third-order valence-corrected chi connectivity index (χ3v) is 4.60. The maximum atomic E-state index is 5.44. The number of nitrogens with one attached hydrogen (secondary N) is 2. The molecule has 1 unspecified atom stereocenters. The fourth-order valence-electron chi connectivity index (χ4n) is 2.58. The lowest BCUT2D eigenvalue weighted by Crippen LogP contribution is -2.31. The number of hydrogen-bond donors (Lipinski definition) is 3. The average molecular weight is 293 g/mol. The van der Waals surface area contributed by atoms with E-state index < -0.39 is 0 Å². The van der Waals surface area contributed by atoms with Crippen molar-refractivity contribution < 1.29 is 4.74 Å². The molecule has 0 bridgehead atoms. The van der Waals surface area contributed by atoms with Crippen molar-refractivity contribution >= 4 is 33.3 Å². The van der Waals surface area contributed by atoms with Gasteiger partial charge in [0.15, 0.2) is 0 Å². The van der Waals surface area contributed by atoms with Crippen molar-refractivity contribution in [1.82, 2.24) is 9.97 Å². The third-order valence-electron chi connectivity index (χ3n) is 3.79. The fourth-order valence-corrected chi connectivity index (χ4v) is 3.34. The number of fused-ring (bicyclic) bond motifs is 1. The van der Waals surface area contributed by atoms with Crippen LogP contribution in [0.15, 0.2) is 11.4 Å². The summed E-state index contributed by atoms with van der Waals surface area (Å²) < 4.78 is 5.42. The van der Waals surface area contributed by atoms with Gasteiger partial charge in [0.1, 0.15) is 10.6 Å². The third kappa shape index (κ3) is 2.70. The molecule has 4 N–H and O–H groups in total. The van der Waals surface area contributed by atoms with Crippen LogP contribution in [0.2, 0.25) is 0 Å². The quantitative estimate of drug-likeness (QED) is 0.592. The maximum absolute atomic E-state index is 5.44. The van der Waals surface area contributed by atoms with E-state index in [1.807, 2.05) is 11.4 Å². The lowest BCUT2D eigenvalue weighted by atomic mass is 9.93.